The fourth-order valence-electron chi connectivity index (χ4n) is 1.97. The van der Waals surface area contributed by atoms with E-state index in [4.69, 9.17) is 20.1 Å². The van der Waals surface area contributed by atoms with Gasteiger partial charge in [0.05, 0.1) is 0 Å². The quantitative estimate of drug-likeness (QED) is 0.752. The minimum absolute atomic E-state index is 0.0341. The van der Waals surface area contributed by atoms with E-state index in [9.17, 15) is 9.59 Å². The monoisotopic (exact) mass is 269 g/mol. The summed E-state index contributed by atoms with van der Waals surface area (Å²) in [7, 11) is 1.50. The number of aliphatic carboxylic acids is 1. The molecule has 0 radical (unpaired) electrons. The van der Waals surface area contributed by atoms with Crippen molar-refractivity contribution in [2.24, 2.45) is 5.73 Å². The Morgan fingerprint density at radius 1 is 1.68 bits per heavy atom. The minimum atomic E-state index is -1.38. The molecule has 104 valence electrons. The minimum Gasteiger partial charge on any atom is -0.480 e. The normalized spacial score (nSPS) is 22.7. The number of carbonyl (C=O) groups excluding carboxylic acids is 1. The van der Waals surface area contributed by atoms with Crippen molar-refractivity contribution in [2.45, 2.75) is 18.6 Å². The summed E-state index contributed by atoms with van der Waals surface area (Å²) >= 11 is 0. The van der Waals surface area contributed by atoms with Crippen LogP contribution in [0.4, 0.5) is 0 Å². The molecule has 0 aromatic carbocycles. The number of hydrogen-bond donors (Lipinski definition) is 2. The molecule has 0 spiro atoms. The van der Waals surface area contributed by atoms with E-state index < -0.39 is 11.5 Å². The number of likely N-dealkylation sites (tertiary alicyclic amines) is 1. The second-order valence-corrected chi connectivity index (χ2v) is 4.55. The Labute approximate surface area is 109 Å². The lowest BCUT2D eigenvalue weighted by molar-refractivity contribution is -0.142. The van der Waals surface area contributed by atoms with Gasteiger partial charge in [-0.2, -0.15) is 0 Å². The van der Waals surface area contributed by atoms with Crippen LogP contribution in [-0.4, -0.2) is 52.8 Å². The maximum atomic E-state index is 12.1. The highest BCUT2D eigenvalue weighted by atomic mass is 16.5. The van der Waals surface area contributed by atoms with Gasteiger partial charge in [0.15, 0.2) is 11.5 Å². The zero-order chi connectivity index (χ0) is 14.0. The maximum absolute atomic E-state index is 12.1. The van der Waals surface area contributed by atoms with Crippen molar-refractivity contribution in [3.8, 4) is 0 Å². The molecule has 8 nitrogen and oxygen atoms in total. The standard InChI is InChI=1S/C11H15N3O5/c1-18-5-7-4-8(13-19-7)9(15)14-3-2-11(12,6-14)10(16)17/h4H,2-3,5-6,12H2,1H3,(H,16,17). The average Bonchev–Trinajstić information content (AvgIpc) is 2.97. The molecule has 2 heterocycles. The molecule has 1 aliphatic rings. The summed E-state index contributed by atoms with van der Waals surface area (Å²) in [6.45, 7) is 0.470. The van der Waals surface area contributed by atoms with E-state index in [-0.39, 0.29) is 37.7 Å². The van der Waals surface area contributed by atoms with Gasteiger partial charge in [-0.25, -0.2) is 0 Å². The van der Waals surface area contributed by atoms with E-state index in [1.54, 1.807) is 0 Å². The topological polar surface area (TPSA) is 119 Å². The summed E-state index contributed by atoms with van der Waals surface area (Å²) in [5.41, 5.74) is 4.45. The van der Waals surface area contributed by atoms with Gasteiger partial charge in [-0.15, -0.1) is 0 Å². The molecule has 0 aliphatic carbocycles. The highest BCUT2D eigenvalue weighted by Gasteiger charge is 2.43. The van der Waals surface area contributed by atoms with Crippen LogP contribution in [0.5, 0.6) is 0 Å². The van der Waals surface area contributed by atoms with Crippen molar-refractivity contribution < 1.29 is 24.0 Å². The van der Waals surface area contributed by atoms with Gasteiger partial charge in [-0.05, 0) is 6.42 Å². The molecular formula is C11H15N3O5. The zero-order valence-corrected chi connectivity index (χ0v) is 10.5. The van der Waals surface area contributed by atoms with Crippen LogP contribution in [-0.2, 0) is 16.1 Å². The van der Waals surface area contributed by atoms with Crippen LogP contribution >= 0.6 is 0 Å². The molecule has 0 bridgehead atoms. The number of hydrogen-bond acceptors (Lipinski definition) is 6. The highest BCUT2D eigenvalue weighted by molar-refractivity contribution is 5.93. The first-order valence-electron chi connectivity index (χ1n) is 5.72. The Kier molecular flexibility index (Phi) is 3.54. The lowest BCUT2D eigenvalue weighted by Crippen LogP contribution is -2.50. The number of carbonyl (C=O) groups is 2. The average molecular weight is 269 g/mol. The summed E-state index contributed by atoms with van der Waals surface area (Å²) in [5, 5.41) is 12.6. The Bertz CT molecular complexity index is 500. The third-order valence-corrected chi connectivity index (χ3v) is 3.08. The first kappa shape index (κ1) is 13.5. The Morgan fingerprint density at radius 2 is 2.42 bits per heavy atom. The summed E-state index contributed by atoms with van der Waals surface area (Å²) in [4.78, 5) is 24.5. The van der Waals surface area contributed by atoms with Gasteiger partial charge in [-0.1, -0.05) is 5.16 Å². The molecule has 19 heavy (non-hydrogen) atoms. The van der Waals surface area contributed by atoms with Crippen molar-refractivity contribution in [1.29, 1.82) is 0 Å². The van der Waals surface area contributed by atoms with E-state index in [1.807, 2.05) is 0 Å². The maximum Gasteiger partial charge on any atom is 0.325 e. The van der Waals surface area contributed by atoms with Crippen LogP contribution in [0.1, 0.15) is 22.7 Å². The fraction of sp³-hybridized carbons (Fsp3) is 0.545. The number of ether oxygens (including phenoxy) is 1. The second kappa shape index (κ2) is 4.98. The molecule has 1 fully saturated rings. The number of methoxy groups -OCH3 is 1. The Balaban J connectivity index is 2.06. The van der Waals surface area contributed by atoms with Crippen molar-refractivity contribution in [3.63, 3.8) is 0 Å². The molecule has 1 amide bonds. The number of carboxylic acids is 1. The molecule has 1 unspecified atom stereocenters. The molecule has 2 rings (SSSR count). The van der Waals surface area contributed by atoms with Crippen LogP contribution in [0.25, 0.3) is 0 Å². The predicted molar refractivity (Wildman–Crippen MR) is 62.3 cm³/mol. The van der Waals surface area contributed by atoms with Crippen LogP contribution in [0.3, 0.4) is 0 Å². The fourth-order valence-corrected chi connectivity index (χ4v) is 1.97. The molecule has 0 saturated carbocycles. The van der Waals surface area contributed by atoms with Crippen LogP contribution < -0.4 is 5.73 Å². The Morgan fingerprint density at radius 3 is 3.00 bits per heavy atom. The van der Waals surface area contributed by atoms with Crippen LogP contribution in [0.2, 0.25) is 0 Å². The molecule has 1 aliphatic heterocycles. The molecule has 1 aromatic rings. The number of aromatic nitrogens is 1. The van der Waals surface area contributed by atoms with E-state index >= 15 is 0 Å². The van der Waals surface area contributed by atoms with Crippen molar-refractivity contribution in [2.75, 3.05) is 20.2 Å². The van der Waals surface area contributed by atoms with Gasteiger partial charge >= 0.3 is 5.97 Å². The van der Waals surface area contributed by atoms with E-state index in [2.05, 4.69) is 5.16 Å². The predicted octanol–water partition coefficient (Wildman–Crippen LogP) is -0.551. The number of nitrogens with zero attached hydrogens (tertiary/aromatic N) is 2. The van der Waals surface area contributed by atoms with E-state index in [0.717, 1.165) is 0 Å². The number of amides is 1. The van der Waals surface area contributed by atoms with Gasteiger partial charge in [0, 0.05) is 26.3 Å². The van der Waals surface area contributed by atoms with E-state index in [1.165, 1.54) is 18.1 Å². The van der Waals surface area contributed by atoms with Gasteiger partial charge in [0.2, 0.25) is 0 Å². The number of rotatable bonds is 4. The van der Waals surface area contributed by atoms with Crippen LogP contribution in [0, 0.1) is 0 Å². The van der Waals surface area contributed by atoms with Gasteiger partial charge in [0.25, 0.3) is 5.91 Å². The lowest BCUT2D eigenvalue weighted by Gasteiger charge is -2.19. The SMILES string of the molecule is COCc1cc(C(=O)N2CCC(N)(C(=O)O)C2)no1. The smallest absolute Gasteiger partial charge is 0.325 e. The van der Waals surface area contributed by atoms with Crippen molar-refractivity contribution >= 4 is 11.9 Å². The number of carboxylic acid groups (broad SMARTS) is 1. The highest BCUT2D eigenvalue weighted by Crippen LogP contribution is 2.21. The summed E-state index contributed by atoms with van der Waals surface area (Å²) in [6, 6.07) is 1.48. The molecule has 1 saturated heterocycles. The van der Waals surface area contributed by atoms with Gasteiger partial charge in [-0.3, -0.25) is 9.59 Å². The zero-order valence-electron chi connectivity index (χ0n) is 10.5. The van der Waals surface area contributed by atoms with Crippen LogP contribution in [0.15, 0.2) is 10.6 Å². The third kappa shape index (κ3) is 2.59. The first-order chi connectivity index (χ1) is 8.96. The molecular weight excluding hydrogens is 254 g/mol. The molecule has 3 N–H and O–H groups in total. The molecule has 8 heteroatoms. The Hall–Kier alpha value is -1.93. The van der Waals surface area contributed by atoms with Gasteiger partial charge < -0.3 is 25.0 Å². The van der Waals surface area contributed by atoms with Crippen molar-refractivity contribution in [3.05, 3.63) is 17.5 Å². The van der Waals surface area contributed by atoms with Gasteiger partial charge in [0.1, 0.15) is 12.1 Å². The molecule has 1 atom stereocenters. The number of nitrogens with two attached hydrogens (primary N) is 1. The third-order valence-electron chi connectivity index (χ3n) is 3.08. The summed E-state index contributed by atoms with van der Waals surface area (Å²) in [5.74, 6) is -1.06. The first-order valence-corrected chi connectivity index (χ1v) is 5.72. The largest absolute Gasteiger partial charge is 0.480 e. The second-order valence-electron chi connectivity index (χ2n) is 4.55. The molecule has 1 aromatic heterocycles. The summed E-state index contributed by atoms with van der Waals surface area (Å²) in [6.07, 6.45) is 0.219. The summed E-state index contributed by atoms with van der Waals surface area (Å²) < 4.78 is 9.77. The van der Waals surface area contributed by atoms with E-state index in [0.29, 0.717) is 5.76 Å². The van der Waals surface area contributed by atoms with Crippen molar-refractivity contribution in [1.82, 2.24) is 10.1 Å². The lowest BCUT2D eigenvalue weighted by atomic mass is 10.0.